The summed E-state index contributed by atoms with van der Waals surface area (Å²) in [6.45, 7) is 3.84. The van der Waals surface area contributed by atoms with Gasteiger partial charge in [-0.05, 0) is 25.1 Å². The lowest BCUT2D eigenvalue weighted by atomic mass is 10.3. The van der Waals surface area contributed by atoms with Crippen LogP contribution in [-0.2, 0) is 0 Å². The Hall–Kier alpha value is 0.01000. The van der Waals surface area contributed by atoms with E-state index in [-0.39, 0.29) is 11.4 Å². The molecule has 3 heteroatoms. The van der Waals surface area contributed by atoms with Crippen LogP contribution < -0.4 is 0 Å². The van der Waals surface area contributed by atoms with E-state index in [1.165, 1.54) is 4.90 Å². The molecule has 0 bridgehead atoms. The molecule has 1 aromatic rings. The molecule has 0 aliphatic heterocycles. The predicted octanol–water partition coefficient (Wildman–Crippen LogP) is 3.31. The van der Waals surface area contributed by atoms with E-state index in [9.17, 15) is 5.11 Å². The highest BCUT2D eigenvalue weighted by Crippen LogP contribution is 2.27. The van der Waals surface area contributed by atoms with Gasteiger partial charge in [0.25, 0.3) is 0 Å². The minimum absolute atomic E-state index is 0.231. The largest absolute Gasteiger partial charge is 0.392 e. The van der Waals surface area contributed by atoms with Gasteiger partial charge in [-0.1, -0.05) is 28.9 Å². The average Bonchev–Trinajstić information content (AvgIpc) is 2.04. The van der Waals surface area contributed by atoms with Gasteiger partial charge in [-0.25, -0.2) is 0 Å². The quantitative estimate of drug-likeness (QED) is 0.842. The van der Waals surface area contributed by atoms with Crippen molar-refractivity contribution >= 4 is 27.7 Å². The monoisotopic (exact) mass is 260 g/mol. The molecular weight excluding hydrogens is 248 g/mol. The molecule has 1 rings (SSSR count). The number of aliphatic hydroxyl groups is 1. The first-order valence-electron chi connectivity index (χ1n) is 4.20. The van der Waals surface area contributed by atoms with E-state index in [1.807, 2.05) is 32.0 Å². The summed E-state index contributed by atoms with van der Waals surface area (Å²) < 4.78 is 1.08. The SMILES string of the molecule is CC(O)C(C)Sc1cccc(Br)c1. The molecule has 1 nitrogen and oxygen atoms in total. The molecule has 0 amide bonds. The van der Waals surface area contributed by atoms with Gasteiger partial charge < -0.3 is 5.11 Å². The number of thioether (sulfide) groups is 1. The Morgan fingerprint density at radius 1 is 1.38 bits per heavy atom. The van der Waals surface area contributed by atoms with E-state index in [4.69, 9.17) is 0 Å². The second-order valence-electron chi connectivity index (χ2n) is 3.02. The van der Waals surface area contributed by atoms with Crippen molar-refractivity contribution in [2.45, 2.75) is 30.1 Å². The number of aliphatic hydroxyl groups excluding tert-OH is 1. The zero-order chi connectivity index (χ0) is 9.84. The summed E-state index contributed by atoms with van der Waals surface area (Å²) in [7, 11) is 0. The molecule has 2 unspecified atom stereocenters. The molecule has 0 spiro atoms. The van der Waals surface area contributed by atoms with E-state index in [0.29, 0.717) is 0 Å². The molecule has 0 heterocycles. The number of hydrogen-bond donors (Lipinski definition) is 1. The molecule has 0 saturated carbocycles. The highest BCUT2D eigenvalue weighted by atomic mass is 79.9. The summed E-state index contributed by atoms with van der Waals surface area (Å²) in [6, 6.07) is 8.11. The molecular formula is C10H13BrOS. The van der Waals surface area contributed by atoms with Gasteiger partial charge in [0, 0.05) is 14.6 Å². The van der Waals surface area contributed by atoms with Crippen LogP contribution in [0.5, 0.6) is 0 Å². The minimum atomic E-state index is -0.274. The standard InChI is InChI=1S/C10H13BrOS/c1-7(12)8(2)13-10-5-3-4-9(11)6-10/h3-8,12H,1-2H3. The Morgan fingerprint density at radius 3 is 2.62 bits per heavy atom. The van der Waals surface area contributed by atoms with Crippen molar-refractivity contribution in [1.82, 2.24) is 0 Å². The predicted molar refractivity (Wildman–Crippen MR) is 61.1 cm³/mol. The van der Waals surface area contributed by atoms with Crippen molar-refractivity contribution in [3.05, 3.63) is 28.7 Å². The van der Waals surface area contributed by atoms with Crippen molar-refractivity contribution in [1.29, 1.82) is 0 Å². The van der Waals surface area contributed by atoms with Crippen LogP contribution in [0.25, 0.3) is 0 Å². The fourth-order valence-corrected chi connectivity index (χ4v) is 2.38. The molecule has 0 aliphatic carbocycles. The zero-order valence-corrected chi connectivity index (χ0v) is 10.1. The Bertz CT molecular complexity index is 275. The van der Waals surface area contributed by atoms with E-state index in [0.717, 1.165) is 4.47 Å². The van der Waals surface area contributed by atoms with Crippen LogP contribution in [0.4, 0.5) is 0 Å². The first-order chi connectivity index (χ1) is 6.09. The van der Waals surface area contributed by atoms with Gasteiger partial charge in [0.05, 0.1) is 6.10 Å². The number of rotatable bonds is 3. The summed E-state index contributed by atoms with van der Waals surface area (Å²) in [4.78, 5) is 1.18. The number of benzene rings is 1. The maximum atomic E-state index is 9.32. The van der Waals surface area contributed by atoms with E-state index >= 15 is 0 Å². The second kappa shape index (κ2) is 5.03. The fourth-order valence-electron chi connectivity index (χ4n) is 0.853. The first kappa shape index (κ1) is 11.1. The Balaban J connectivity index is 2.64. The van der Waals surface area contributed by atoms with Crippen LogP contribution in [0.1, 0.15) is 13.8 Å². The van der Waals surface area contributed by atoms with Gasteiger partial charge in [-0.15, -0.1) is 11.8 Å². The molecule has 1 aromatic carbocycles. The average molecular weight is 261 g/mol. The zero-order valence-electron chi connectivity index (χ0n) is 7.70. The molecule has 13 heavy (non-hydrogen) atoms. The normalized spacial score (nSPS) is 15.4. The van der Waals surface area contributed by atoms with Gasteiger partial charge in [0.1, 0.15) is 0 Å². The van der Waals surface area contributed by atoms with Crippen LogP contribution in [0, 0.1) is 0 Å². The minimum Gasteiger partial charge on any atom is -0.392 e. The summed E-state index contributed by atoms with van der Waals surface area (Å²) in [5.41, 5.74) is 0. The molecule has 0 saturated heterocycles. The lowest BCUT2D eigenvalue weighted by Crippen LogP contribution is -2.14. The summed E-state index contributed by atoms with van der Waals surface area (Å²) in [6.07, 6.45) is -0.274. The van der Waals surface area contributed by atoms with Crippen molar-refractivity contribution < 1.29 is 5.11 Å². The van der Waals surface area contributed by atoms with Crippen LogP contribution in [-0.4, -0.2) is 16.5 Å². The van der Waals surface area contributed by atoms with Gasteiger partial charge >= 0.3 is 0 Å². The Kier molecular flexibility index (Phi) is 4.29. The Morgan fingerprint density at radius 2 is 2.08 bits per heavy atom. The third-order valence-corrected chi connectivity index (χ3v) is 3.58. The molecule has 1 N–H and O–H groups in total. The number of halogens is 1. The highest BCUT2D eigenvalue weighted by Gasteiger charge is 2.09. The molecule has 0 fully saturated rings. The van der Waals surface area contributed by atoms with Crippen molar-refractivity contribution in [3.63, 3.8) is 0 Å². The molecule has 2 atom stereocenters. The summed E-state index contributed by atoms with van der Waals surface area (Å²) >= 11 is 5.10. The summed E-state index contributed by atoms with van der Waals surface area (Å²) in [5.74, 6) is 0. The molecule has 0 aliphatic rings. The maximum absolute atomic E-state index is 9.32. The number of hydrogen-bond acceptors (Lipinski definition) is 2. The Labute approximate surface area is 91.7 Å². The van der Waals surface area contributed by atoms with Crippen molar-refractivity contribution in [2.24, 2.45) is 0 Å². The smallest absolute Gasteiger partial charge is 0.0631 e. The maximum Gasteiger partial charge on any atom is 0.0631 e. The first-order valence-corrected chi connectivity index (χ1v) is 5.87. The third kappa shape index (κ3) is 3.71. The molecule has 0 aromatic heterocycles. The second-order valence-corrected chi connectivity index (χ2v) is 5.39. The van der Waals surface area contributed by atoms with Crippen LogP contribution >= 0.6 is 27.7 Å². The van der Waals surface area contributed by atoms with Crippen molar-refractivity contribution in [2.75, 3.05) is 0 Å². The van der Waals surface area contributed by atoms with Crippen LogP contribution in [0.15, 0.2) is 33.6 Å². The van der Waals surface area contributed by atoms with Gasteiger partial charge in [0.2, 0.25) is 0 Å². The van der Waals surface area contributed by atoms with E-state index in [1.54, 1.807) is 11.8 Å². The topological polar surface area (TPSA) is 20.2 Å². The van der Waals surface area contributed by atoms with Crippen molar-refractivity contribution in [3.8, 4) is 0 Å². The third-order valence-electron chi connectivity index (χ3n) is 1.80. The molecule has 0 radical (unpaired) electrons. The summed E-state index contributed by atoms with van der Waals surface area (Å²) in [5, 5.41) is 9.55. The van der Waals surface area contributed by atoms with E-state index < -0.39 is 0 Å². The van der Waals surface area contributed by atoms with Gasteiger partial charge in [0.15, 0.2) is 0 Å². The highest BCUT2D eigenvalue weighted by molar-refractivity contribution is 9.10. The molecule has 72 valence electrons. The van der Waals surface area contributed by atoms with E-state index in [2.05, 4.69) is 22.0 Å². The van der Waals surface area contributed by atoms with Crippen LogP contribution in [0.2, 0.25) is 0 Å². The lowest BCUT2D eigenvalue weighted by molar-refractivity contribution is 0.196. The van der Waals surface area contributed by atoms with Gasteiger partial charge in [-0.2, -0.15) is 0 Å². The van der Waals surface area contributed by atoms with Crippen LogP contribution in [0.3, 0.4) is 0 Å². The fraction of sp³-hybridized carbons (Fsp3) is 0.400. The lowest BCUT2D eigenvalue weighted by Gasteiger charge is -2.13. The van der Waals surface area contributed by atoms with Gasteiger partial charge in [-0.3, -0.25) is 0 Å².